The molecule has 1 saturated heterocycles. The maximum atomic E-state index is 13.4. The number of aromatic nitrogens is 8. The first kappa shape index (κ1) is 18.2. The molecule has 5 rings (SSSR count). The highest BCUT2D eigenvalue weighted by Gasteiger charge is 2.33. The maximum Gasteiger partial charge on any atom is 0.276 e. The van der Waals surface area contributed by atoms with Crippen molar-refractivity contribution in [2.75, 3.05) is 6.54 Å². The minimum Gasteiger partial charge on any atom is -0.470 e. The molecule has 152 valence electrons. The molecule has 0 N–H and O–H groups in total. The Kier molecular flexibility index (Phi) is 4.54. The number of rotatable bonds is 4. The fourth-order valence-electron chi connectivity index (χ4n) is 3.61. The van der Waals surface area contributed by atoms with Crippen molar-refractivity contribution in [2.45, 2.75) is 31.9 Å². The predicted molar refractivity (Wildman–Crippen MR) is 104 cm³/mol. The van der Waals surface area contributed by atoms with E-state index in [0.29, 0.717) is 23.9 Å². The quantitative estimate of drug-likeness (QED) is 0.497. The molecule has 0 bridgehead atoms. The van der Waals surface area contributed by atoms with Gasteiger partial charge in [0.05, 0.1) is 18.9 Å². The average molecular weight is 405 g/mol. The summed E-state index contributed by atoms with van der Waals surface area (Å²) in [6.07, 6.45) is 14.5. The topological polar surface area (TPSA) is 116 Å². The van der Waals surface area contributed by atoms with Gasteiger partial charge in [0.2, 0.25) is 5.82 Å². The second-order valence-corrected chi connectivity index (χ2v) is 7.06. The monoisotopic (exact) mass is 405 g/mol. The van der Waals surface area contributed by atoms with Crippen molar-refractivity contribution in [1.82, 2.24) is 44.2 Å². The van der Waals surface area contributed by atoms with Crippen molar-refractivity contribution >= 4 is 11.6 Å². The molecule has 0 aliphatic carbocycles. The molecule has 1 aliphatic heterocycles. The lowest BCUT2D eigenvalue weighted by Crippen LogP contribution is -2.49. The molecule has 1 fully saturated rings. The molecule has 5 heterocycles. The van der Waals surface area contributed by atoms with Gasteiger partial charge in [-0.1, -0.05) is 0 Å². The maximum absolute atomic E-state index is 13.4. The molecule has 1 amide bonds. The molecule has 1 aliphatic rings. The summed E-state index contributed by atoms with van der Waals surface area (Å²) < 4.78 is 7.99. The Labute approximate surface area is 171 Å². The van der Waals surface area contributed by atoms with Crippen molar-refractivity contribution < 1.29 is 9.53 Å². The smallest absolute Gasteiger partial charge is 0.276 e. The minimum absolute atomic E-state index is 0.0352. The van der Waals surface area contributed by atoms with Gasteiger partial charge in [0.1, 0.15) is 6.10 Å². The Bertz CT molecular complexity index is 1170. The van der Waals surface area contributed by atoms with E-state index < -0.39 is 0 Å². The number of piperidine rings is 1. The van der Waals surface area contributed by atoms with Crippen molar-refractivity contribution in [2.24, 2.45) is 0 Å². The second kappa shape index (κ2) is 7.50. The lowest BCUT2D eigenvalue weighted by atomic mass is 10.0. The van der Waals surface area contributed by atoms with Crippen LogP contribution in [0.1, 0.15) is 30.3 Å². The van der Waals surface area contributed by atoms with Gasteiger partial charge in [-0.2, -0.15) is 10.2 Å². The molecule has 30 heavy (non-hydrogen) atoms. The van der Waals surface area contributed by atoms with Gasteiger partial charge in [0.25, 0.3) is 11.8 Å². The molecule has 0 unspecified atom stereocenters. The third-order valence-corrected chi connectivity index (χ3v) is 5.15. The van der Waals surface area contributed by atoms with Crippen LogP contribution in [0.15, 0.2) is 49.6 Å². The van der Waals surface area contributed by atoms with E-state index in [1.165, 1.54) is 29.6 Å². The standard InChI is InChI=1S/C19H19N9O2/c1-13-2-3-14(30-18-17-22-8-10-26(17)11-9-23-18)12-27(13)19(29)15-16(21-5-4-20-15)28-24-6-7-25-28/h4-11,13-14H,2-3,12H2,1H3/t13-,14-/m1/s1. The predicted octanol–water partition coefficient (Wildman–Crippen LogP) is 1.17. The highest BCUT2D eigenvalue weighted by atomic mass is 16.5. The Balaban J connectivity index is 1.39. The van der Waals surface area contributed by atoms with Crippen LogP contribution in [0, 0.1) is 0 Å². The molecular formula is C19H19N9O2. The zero-order valence-corrected chi connectivity index (χ0v) is 16.2. The van der Waals surface area contributed by atoms with Crippen LogP contribution in [-0.2, 0) is 0 Å². The summed E-state index contributed by atoms with van der Waals surface area (Å²) in [5.41, 5.74) is 0.852. The molecule has 11 heteroatoms. The highest BCUT2D eigenvalue weighted by Crippen LogP contribution is 2.25. The molecule has 4 aromatic heterocycles. The fraction of sp³-hybridized carbons (Fsp3) is 0.316. The molecule has 0 aromatic carbocycles. The number of carbonyl (C=O) groups excluding carboxylic acids is 1. The second-order valence-electron chi connectivity index (χ2n) is 7.06. The van der Waals surface area contributed by atoms with Crippen molar-refractivity contribution in [1.29, 1.82) is 0 Å². The van der Waals surface area contributed by atoms with Crippen LogP contribution in [0.4, 0.5) is 0 Å². The summed E-state index contributed by atoms with van der Waals surface area (Å²) in [5, 5.41) is 8.16. The normalized spacial score (nSPS) is 19.2. The molecule has 11 nitrogen and oxygen atoms in total. The Morgan fingerprint density at radius 1 is 0.967 bits per heavy atom. The lowest BCUT2D eigenvalue weighted by molar-refractivity contribution is 0.0370. The van der Waals surface area contributed by atoms with Crippen LogP contribution in [0.3, 0.4) is 0 Å². The van der Waals surface area contributed by atoms with Gasteiger partial charge in [-0.25, -0.2) is 19.9 Å². The van der Waals surface area contributed by atoms with E-state index in [-0.39, 0.29) is 23.7 Å². The Hall–Kier alpha value is -3.89. The number of hydrogen-bond acceptors (Lipinski definition) is 8. The van der Waals surface area contributed by atoms with E-state index in [0.717, 1.165) is 12.8 Å². The number of nitrogens with zero attached hydrogens (tertiary/aromatic N) is 9. The third kappa shape index (κ3) is 3.23. The van der Waals surface area contributed by atoms with Crippen LogP contribution in [-0.4, -0.2) is 68.8 Å². The van der Waals surface area contributed by atoms with Crippen LogP contribution in [0.5, 0.6) is 5.88 Å². The van der Waals surface area contributed by atoms with Gasteiger partial charge in [0.15, 0.2) is 11.3 Å². The van der Waals surface area contributed by atoms with Crippen molar-refractivity contribution in [3.05, 3.63) is 55.3 Å². The highest BCUT2D eigenvalue weighted by molar-refractivity contribution is 5.95. The molecule has 0 spiro atoms. The van der Waals surface area contributed by atoms with Gasteiger partial charge in [-0.05, 0) is 19.8 Å². The summed E-state index contributed by atoms with van der Waals surface area (Å²) in [6, 6.07) is 0.0352. The van der Waals surface area contributed by atoms with E-state index in [1.54, 1.807) is 17.3 Å². The molecule has 4 aromatic rings. The van der Waals surface area contributed by atoms with Crippen LogP contribution in [0.2, 0.25) is 0 Å². The fourth-order valence-corrected chi connectivity index (χ4v) is 3.61. The van der Waals surface area contributed by atoms with Gasteiger partial charge in [-0.3, -0.25) is 4.79 Å². The van der Waals surface area contributed by atoms with Crippen molar-refractivity contribution in [3.63, 3.8) is 0 Å². The summed E-state index contributed by atoms with van der Waals surface area (Å²) in [5.74, 6) is 0.519. The Morgan fingerprint density at radius 2 is 1.73 bits per heavy atom. The van der Waals surface area contributed by atoms with Crippen LogP contribution in [0.25, 0.3) is 11.5 Å². The zero-order chi connectivity index (χ0) is 20.5. The largest absolute Gasteiger partial charge is 0.470 e. The van der Waals surface area contributed by atoms with Crippen LogP contribution >= 0.6 is 0 Å². The van der Waals surface area contributed by atoms with E-state index in [9.17, 15) is 4.79 Å². The van der Waals surface area contributed by atoms with E-state index in [4.69, 9.17) is 4.74 Å². The van der Waals surface area contributed by atoms with Crippen LogP contribution < -0.4 is 4.74 Å². The number of ether oxygens (including phenoxy) is 1. The van der Waals surface area contributed by atoms with E-state index in [2.05, 4.69) is 30.1 Å². The number of fused-ring (bicyclic) bond motifs is 1. The number of amides is 1. The first-order valence-corrected chi connectivity index (χ1v) is 9.63. The first-order valence-electron chi connectivity index (χ1n) is 9.63. The minimum atomic E-state index is -0.233. The van der Waals surface area contributed by atoms with Gasteiger partial charge in [0, 0.05) is 43.2 Å². The number of imidazole rings is 1. The van der Waals surface area contributed by atoms with Gasteiger partial charge >= 0.3 is 0 Å². The lowest BCUT2D eigenvalue weighted by Gasteiger charge is -2.37. The molecule has 0 saturated carbocycles. The number of likely N-dealkylation sites (tertiary alicyclic amines) is 1. The summed E-state index contributed by atoms with van der Waals surface area (Å²) >= 11 is 0. The van der Waals surface area contributed by atoms with E-state index >= 15 is 0 Å². The van der Waals surface area contributed by atoms with E-state index in [1.807, 2.05) is 23.7 Å². The average Bonchev–Trinajstić information content (AvgIpc) is 3.47. The zero-order valence-electron chi connectivity index (χ0n) is 16.2. The third-order valence-electron chi connectivity index (χ3n) is 5.15. The Morgan fingerprint density at radius 3 is 2.57 bits per heavy atom. The number of hydrogen-bond donors (Lipinski definition) is 0. The summed E-state index contributed by atoms with van der Waals surface area (Å²) in [7, 11) is 0. The SMILES string of the molecule is C[C@@H]1CC[C@@H](Oc2nccn3ccnc23)CN1C(=O)c1nccnc1-n1nccn1. The summed E-state index contributed by atoms with van der Waals surface area (Å²) in [4.78, 5) is 33.6. The summed E-state index contributed by atoms with van der Waals surface area (Å²) in [6.45, 7) is 2.43. The van der Waals surface area contributed by atoms with Gasteiger partial charge < -0.3 is 14.0 Å². The van der Waals surface area contributed by atoms with Gasteiger partial charge in [-0.15, -0.1) is 4.80 Å². The molecular weight excluding hydrogens is 386 g/mol. The molecule has 0 radical (unpaired) electrons. The first-order chi connectivity index (χ1) is 14.7. The number of carbonyl (C=O) groups is 1. The van der Waals surface area contributed by atoms with Crippen molar-refractivity contribution in [3.8, 4) is 11.7 Å². The molecule has 2 atom stereocenters.